The Morgan fingerprint density at radius 3 is 1.66 bits per heavy atom. The number of hydrogen-bond acceptors (Lipinski definition) is 18. The fourth-order valence-corrected chi connectivity index (χ4v) is 6.10. The van der Waals surface area contributed by atoms with Gasteiger partial charge in [0.1, 0.15) is 86.1 Å². The molecule has 4 rings (SSSR count). The molecule has 0 aromatic heterocycles. The predicted octanol–water partition coefficient (Wildman–Crippen LogP) is -3.33. The Hall–Kier alpha value is -2.63. The highest BCUT2D eigenvalue weighted by Crippen LogP contribution is 2.37. The van der Waals surface area contributed by atoms with Gasteiger partial charge in [0.2, 0.25) is 12.1 Å². The molecule has 0 saturated carbocycles. The molecule has 0 amide bonds. The Kier molecular flexibility index (Phi) is 14.9. The first kappa shape index (κ1) is 43.1. The summed E-state index contributed by atoms with van der Waals surface area (Å²) in [7, 11) is 0. The molecule has 0 radical (unpaired) electrons. The van der Waals surface area contributed by atoms with Crippen molar-refractivity contribution in [3.8, 4) is 5.75 Å². The van der Waals surface area contributed by atoms with Crippen molar-refractivity contribution in [3.63, 3.8) is 0 Å². The quantitative estimate of drug-likeness (QED) is 0.0653. The van der Waals surface area contributed by atoms with E-state index in [1.807, 2.05) is 39.8 Å². The van der Waals surface area contributed by atoms with E-state index in [1.54, 1.807) is 0 Å². The average molecular weight is 761 g/mol. The number of carbonyl (C=O) groups is 1. The largest absolute Gasteiger partial charge is 0.461 e. The summed E-state index contributed by atoms with van der Waals surface area (Å²) >= 11 is 0. The number of benzene rings is 1. The lowest BCUT2D eigenvalue weighted by Gasteiger charge is -2.43. The third-order valence-corrected chi connectivity index (χ3v) is 9.29. The van der Waals surface area contributed by atoms with E-state index in [0.717, 1.165) is 11.1 Å². The summed E-state index contributed by atoms with van der Waals surface area (Å²) < 4.78 is 33.6. The van der Waals surface area contributed by atoms with E-state index >= 15 is 0 Å². The Labute approximate surface area is 305 Å². The fraction of sp³-hybridized carbons (Fsp3) is 0.686. The number of carbonyl (C=O) groups excluding carboxylic acids is 1. The van der Waals surface area contributed by atoms with Crippen molar-refractivity contribution in [1.82, 2.24) is 0 Å². The van der Waals surface area contributed by atoms with Gasteiger partial charge in [0.15, 0.2) is 6.29 Å². The number of allylic oxidation sites excluding steroid dienone is 4. The highest BCUT2D eigenvalue weighted by atomic mass is 16.8. The number of esters is 1. The van der Waals surface area contributed by atoms with Crippen LogP contribution in [0.25, 0.3) is 0 Å². The topological polar surface area (TPSA) is 295 Å². The van der Waals surface area contributed by atoms with Gasteiger partial charge in [0.05, 0.1) is 18.8 Å². The van der Waals surface area contributed by atoms with Crippen molar-refractivity contribution in [2.75, 3.05) is 26.4 Å². The van der Waals surface area contributed by atoms with Crippen molar-refractivity contribution in [2.45, 2.75) is 126 Å². The normalized spacial score (nSPS) is 37.2. The lowest BCUT2D eigenvalue weighted by Crippen LogP contribution is -2.62. The van der Waals surface area contributed by atoms with Gasteiger partial charge < -0.3 is 84.6 Å². The molecule has 18 nitrogen and oxygen atoms in total. The molecule has 3 saturated heterocycles. The second-order valence-corrected chi connectivity index (χ2v) is 13.9. The maximum Gasteiger partial charge on any atom is 0.338 e. The molecule has 3 fully saturated rings. The van der Waals surface area contributed by atoms with E-state index in [1.165, 1.54) is 12.1 Å². The van der Waals surface area contributed by atoms with E-state index in [9.17, 15) is 61.0 Å². The van der Waals surface area contributed by atoms with Crippen molar-refractivity contribution < 1.29 is 89.4 Å². The van der Waals surface area contributed by atoms with Crippen molar-refractivity contribution in [2.24, 2.45) is 0 Å². The number of hydrogen-bond donors (Lipinski definition) is 11. The van der Waals surface area contributed by atoms with Crippen LogP contribution in [-0.4, -0.2) is 174 Å². The molecule has 0 unspecified atom stereocenters. The van der Waals surface area contributed by atoms with Gasteiger partial charge in [0, 0.05) is 0 Å². The molecule has 14 atom stereocenters. The van der Waals surface area contributed by atoms with Crippen LogP contribution < -0.4 is 4.74 Å². The summed E-state index contributed by atoms with van der Waals surface area (Å²) in [6.07, 6.45) is -17.6. The Morgan fingerprint density at radius 1 is 0.698 bits per heavy atom. The molecular formula is C35H52O18. The number of ether oxygens (including phenoxy) is 6. The highest BCUT2D eigenvalue weighted by molar-refractivity contribution is 5.90. The highest BCUT2D eigenvalue weighted by Gasteiger charge is 2.59. The smallest absolute Gasteiger partial charge is 0.338 e. The minimum atomic E-state index is -2.46. The lowest BCUT2D eigenvalue weighted by molar-refractivity contribution is -0.383. The molecule has 18 heteroatoms. The van der Waals surface area contributed by atoms with Gasteiger partial charge in [-0.3, -0.25) is 0 Å². The third-order valence-electron chi connectivity index (χ3n) is 9.29. The van der Waals surface area contributed by atoms with Gasteiger partial charge in [0.25, 0.3) is 0 Å². The van der Waals surface area contributed by atoms with Crippen LogP contribution in [0.2, 0.25) is 0 Å². The molecule has 0 bridgehead atoms. The maximum absolute atomic E-state index is 13.6. The maximum atomic E-state index is 13.6. The van der Waals surface area contributed by atoms with Crippen LogP contribution in [0, 0.1) is 0 Å². The van der Waals surface area contributed by atoms with Crippen LogP contribution in [0.4, 0.5) is 0 Å². The Morgan fingerprint density at radius 2 is 1.19 bits per heavy atom. The minimum absolute atomic E-state index is 0.0273. The van der Waals surface area contributed by atoms with E-state index < -0.39 is 118 Å². The lowest BCUT2D eigenvalue weighted by atomic mass is 9.97. The molecule has 11 N–H and O–H groups in total. The van der Waals surface area contributed by atoms with Gasteiger partial charge >= 0.3 is 5.97 Å². The average Bonchev–Trinajstić information content (AvgIpc) is 3.37. The zero-order valence-electron chi connectivity index (χ0n) is 29.8. The molecule has 3 heterocycles. The van der Waals surface area contributed by atoms with E-state index in [-0.39, 0.29) is 24.2 Å². The summed E-state index contributed by atoms with van der Waals surface area (Å²) in [6.45, 7) is 4.19. The fourth-order valence-electron chi connectivity index (χ4n) is 6.10. The molecule has 0 spiro atoms. The van der Waals surface area contributed by atoms with Gasteiger partial charge in [-0.25, -0.2) is 4.79 Å². The van der Waals surface area contributed by atoms with Crippen LogP contribution in [0.3, 0.4) is 0 Å². The zero-order valence-corrected chi connectivity index (χ0v) is 29.8. The predicted molar refractivity (Wildman–Crippen MR) is 179 cm³/mol. The van der Waals surface area contributed by atoms with E-state index in [0.29, 0.717) is 11.1 Å². The molecular weight excluding hydrogens is 708 g/mol. The Bertz CT molecular complexity index is 1400. The van der Waals surface area contributed by atoms with Gasteiger partial charge in [-0.15, -0.1) is 0 Å². The van der Waals surface area contributed by atoms with Crippen molar-refractivity contribution in [3.05, 3.63) is 52.1 Å². The molecule has 1 aromatic carbocycles. The first-order valence-electron chi connectivity index (χ1n) is 17.2. The second kappa shape index (κ2) is 18.3. The van der Waals surface area contributed by atoms with Crippen LogP contribution in [0.5, 0.6) is 5.75 Å². The van der Waals surface area contributed by atoms with Crippen LogP contribution in [0.15, 0.2) is 35.4 Å². The van der Waals surface area contributed by atoms with Crippen LogP contribution >= 0.6 is 0 Å². The van der Waals surface area contributed by atoms with Crippen LogP contribution in [0.1, 0.15) is 49.2 Å². The first-order valence-corrected chi connectivity index (χ1v) is 17.2. The van der Waals surface area contributed by atoms with E-state index in [4.69, 9.17) is 28.4 Å². The molecule has 53 heavy (non-hydrogen) atoms. The van der Waals surface area contributed by atoms with Gasteiger partial charge in [-0.1, -0.05) is 23.3 Å². The van der Waals surface area contributed by atoms with Crippen molar-refractivity contribution in [1.29, 1.82) is 0 Å². The number of aliphatic hydroxyl groups is 11. The van der Waals surface area contributed by atoms with Gasteiger partial charge in [-0.2, -0.15) is 0 Å². The minimum Gasteiger partial charge on any atom is -0.461 e. The monoisotopic (exact) mass is 760 g/mol. The van der Waals surface area contributed by atoms with Gasteiger partial charge in [-0.05, 0) is 63.8 Å². The Balaban J connectivity index is 1.59. The third kappa shape index (κ3) is 9.61. The summed E-state index contributed by atoms with van der Waals surface area (Å²) in [4.78, 5) is 13.6. The summed E-state index contributed by atoms with van der Waals surface area (Å²) in [5, 5.41) is 113. The number of rotatable bonds is 14. The molecule has 3 aliphatic rings. The molecule has 3 aliphatic heterocycles. The van der Waals surface area contributed by atoms with Crippen molar-refractivity contribution >= 4 is 5.97 Å². The molecule has 0 aliphatic carbocycles. The summed E-state index contributed by atoms with van der Waals surface area (Å²) in [6, 6.07) is 2.93. The summed E-state index contributed by atoms with van der Waals surface area (Å²) in [5.41, 5.74) is 2.75. The van der Waals surface area contributed by atoms with E-state index in [2.05, 4.69) is 0 Å². The summed E-state index contributed by atoms with van der Waals surface area (Å²) in [5.74, 6) is -3.15. The first-order chi connectivity index (χ1) is 25.0. The van der Waals surface area contributed by atoms with Crippen LogP contribution in [-0.2, 0) is 36.5 Å². The second-order valence-electron chi connectivity index (χ2n) is 13.9. The number of aliphatic hydroxyl groups excluding tert-OH is 11. The molecule has 300 valence electrons. The zero-order chi connectivity index (χ0) is 39.4. The standard InChI is InChI=1S/C35H52O18/c1-15(2)5-7-17-9-19(10-18(8-6-16(3)4)30(17)51-33-28(44)26(42)23(39)20(11-36)49-33)32(47)48-13-22-25(41)31(46)35(14-38,52-22)53-34-29(45)27(43)24(40)21(12-37)50-34/h5-6,9-10,20-29,31,33-34,36-46H,7-8,11-14H2,1-4H3/t20-,21-,22-,23-,24-,25-,26+,27+,28-,29-,31+,33+,34-,35+/m1/s1. The molecule has 1 aromatic rings. The SMILES string of the molecule is CC(C)=CCc1cc(C(=O)OC[C@H]2O[C@@](CO)(O[C@H]3O[C@H](CO)[C@@H](O)[C@H](O)[C@H]3O)[C@@H](O)[C@@H]2O)cc(CC=C(C)C)c1O[C@@H]1O[C@H](CO)[C@@H](O)[C@H](O)[C@H]1O.